The van der Waals surface area contributed by atoms with Gasteiger partial charge >= 0.3 is 17.9 Å². The van der Waals surface area contributed by atoms with E-state index >= 15 is 0 Å². The first-order chi connectivity index (χ1) is 24.0. The Bertz CT molecular complexity index is 2340. The molecule has 5 atom stereocenters. The third-order valence-electron chi connectivity index (χ3n) is 8.98. The molecule has 15 nitrogen and oxygen atoms in total. The summed E-state index contributed by atoms with van der Waals surface area (Å²) in [6.07, 6.45) is -4.92. The standard InChI is InChI=1S/C35H29N3O12/c1-14(41)47-13-23-30(46-4)31(48-15(2)42)32(49-16(3)43)35(50-23)38-22-8-6-18(12-40)10-20(22)25-27-26(33(44)37-34(27)45)24-19-9-17(11-39)5-7-21(19)36-28(24)29(25)38/h5-12,23,30-32,35-36H,13H2,1-4H3,(H,37,44,45)/t23-,30-,31+,32-,35-/m1/s1. The number of esters is 3. The molecule has 0 aliphatic carbocycles. The SMILES string of the molecule is CO[C@H]1[C@H](OC(C)=O)[C@@H](OC(C)=O)[C@H](n2c3ccc(C=O)cc3c3c4c(c5c6cc(C=O)ccc6[nH]c5c32)C(=O)NC4=O)O[C@@H]1COC(C)=O. The number of aldehydes is 2. The number of amides is 2. The summed E-state index contributed by atoms with van der Waals surface area (Å²) in [4.78, 5) is 91.4. The first-order valence-corrected chi connectivity index (χ1v) is 15.5. The second kappa shape index (κ2) is 12.2. The van der Waals surface area contributed by atoms with Crippen molar-refractivity contribution in [2.75, 3.05) is 13.7 Å². The number of hydrogen-bond donors (Lipinski definition) is 2. The molecular formula is C35H29N3O12. The van der Waals surface area contributed by atoms with Crippen LogP contribution in [0.15, 0.2) is 36.4 Å². The molecule has 3 aromatic carbocycles. The van der Waals surface area contributed by atoms with Crippen molar-refractivity contribution in [2.24, 2.45) is 0 Å². The molecule has 2 N–H and O–H groups in total. The molecule has 0 spiro atoms. The van der Waals surface area contributed by atoms with Crippen LogP contribution >= 0.6 is 0 Å². The van der Waals surface area contributed by atoms with Gasteiger partial charge in [-0.25, -0.2) is 0 Å². The lowest BCUT2D eigenvalue weighted by Crippen LogP contribution is -2.60. The summed E-state index contributed by atoms with van der Waals surface area (Å²) in [6.45, 7) is 3.20. The Morgan fingerprint density at radius 3 is 2.06 bits per heavy atom. The summed E-state index contributed by atoms with van der Waals surface area (Å²) < 4.78 is 30.8. The lowest BCUT2D eigenvalue weighted by atomic mass is 9.95. The molecule has 1 saturated heterocycles. The number of hydrogen-bond acceptors (Lipinski definition) is 12. The van der Waals surface area contributed by atoms with E-state index in [2.05, 4.69) is 10.3 Å². The third-order valence-corrected chi connectivity index (χ3v) is 8.98. The fourth-order valence-corrected chi connectivity index (χ4v) is 7.19. The Hall–Kier alpha value is -5.93. The van der Waals surface area contributed by atoms with E-state index in [1.165, 1.54) is 33.9 Å². The smallest absolute Gasteiger partial charge is 0.303 e. The second-order valence-corrected chi connectivity index (χ2v) is 12.0. The number of H-pyrrole nitrogens is 1. The molecule has 1 fully saturated rings. The second-order valence-electron chi connectivity index (χ2n) is 12.0. The molecule has 2 aliphatic rings. The number of aromatic nitrogens is 2. The van der Waals surface area contributed by atoms with Crippen molar-refractivity contribution in [3.8, 4) is 0 Å². The first-order valence-electron chi connectivity index (χ1n) is 15.5. The largest absolute Gasteiger partial charge is 0.463 e. The molecule has 0 unspecified atom stereocenters. The molecule has 7 rings (SSSR count). The van der Waals surface area contributed by atoms with Crippen LogP contribution < -0.4 is 5.32 Å². The third kappa shape index (κ3) is 5.01. The predicted octanol–water partition coefficient (Wildman–Crippen LogP) is 3.28. The number of rotatable bonds is 8. The number of aromatic amines is 1. The van der Waals surface area contributed by atoms with Crippen molar-refractivity contribution in [3.63, 3.8) is 0 Å². The van der Waals surface area contributed by atoms with Crippen LogP contribution in [0.1, 0.15) is 68.4 Å². The van der Waals surface area contributed by atoms with Gasteiger partial charge < -0.3 is 33.2 Å². The maximum Gasteiger partial charge on any atom is 0.303 e. The van der Waals surface area contributed by atoms with Gasteiger partial charge in [-0.05, 0) is 36.4 Å². The molecule has 50 heavy (non-hydrogen) atoms. The minimum atomic E-state index is -1.38. The van der Waals surface area contributed by atoms with Crippen molar-refractivity contribution >= 4 is 85.9 Å². The number of carbonyl (C=O) groups excluding carboxylic acids is 7. The van der Waals surface area contributed by atoms with Crippen LogP contribution in [0, 0.1) is 0 Å². The molecule has 2 amide bonds. The summed E-state index contributed by atoms with van der Waals surface area (Å²) in [7, 11) is 1.33. The summed E-state index contributed by atoms with van der Waals surface area (Å²) in [5, 5.41) is 3.84. The molecule has 2 aliphatic heterocycles. The van der Waals surface area contributed by atoms with E-state index in [-0.39, 0.29) is 28.7 Å². The zero-order chi connectivity index (χ0) is 35.6. The van der Waals surface area contributed by atoms with Crippen LogP contribution in [0.2, 0.25) is 0 Å². The fraction of sp³-hybridized carbons (Fsp3) is 0.286. The van der Waals surface area contributed by atoms with E-state index in [1.807, 2.05) is 0 Å². The Balaban J connectivity index is 1.65. The summed E-state index contributed by atoms with van der Waals surface area (Å²) in [5.41, 5.74) is 2.23. The van der Waals surface area contributed by atoms with Crippen molar-refractivity contribution in [3.05, 3.63) is 58.7 Å². The number of carbonyl (C=O) groups is 7. The monoisotopic (exact) mass is 683 g/mol. The number of fused-ring (bicyclic) bond motifs is 10. The highest BCUT2D eigenvalue weighted by Gasteiger charge is 2.52. The topological polar surface area (TPSA) is 198 Å². The number of nitrogens with one attached hydrogen (secondary N) is 2. The summed E-state index contributed by atoms with van der Waals surface area (Å²) in [5.74, 6) is -3.45. The average Bonchev–Trinajstić information content (AvgIpc) is 3.71. The molecule has 2 aromatic heterocycles. The van der Waals surface area contributed by atoms with Crippen molar-refractivity contribution in [1.82, 2.24) is 14.9 Å². The van der Waals surface area contributed by atoms with Crippen molar-refractivity contribution in [2.45, 2.75) is 51.4 Å². The normalized spacial score (nSPS) is 21.7. The lowest BCUT2D eigenvalue weighted by Gasteiger charge is -2.45. The van der Waals surface area contributed by atoms with E-state index < -0.39 is 60.4 Å². The maximum atomic E-state index is 13.7. The molecule has 5 aromatic rings. The zero-order valence-electron chi connectivity index (χ0n) is 27.1. The van der Waals surface area contributed by atoms with Gasteiger partial charge in [0.05, 0.1) is 27.7 Å². The molecule has 0 radical (unpaired) electrons. The maximum absolute atomic E-state index is 13.7. The average molecular weight is 684 g/mol. The van der Waals surface area contributed by atoms with Crippen LogP contribution in [0.3, 0.4) is 0 Å². The quantitative estimate of drug-likeness (QED) is 0.105. The van der Waals surface area contributed by atoms with E-state index in [1.54, 1.807) is 34.9 Å². The summed E-state index contributed by atoms with van der Waals surface area (Å²) >= 11 is 0. The molecule has 256 valence electrons. The number of methoxy groups -OCH3 is 1. The zero-order valence-corrected chi connectivity index (χ0v) is 27.1. The van der Waals surface area contributed by atoms with E-state index in [4.69, 9.17) is 23.7 Å². The molecule has 0 bridgehead atoms. The first kappa shape index (κ1) is 32.6. The highest BCUT2D eigenvalue weighted by atomic mass is 16.6. The van der Waals surface area contributed by atoms with Crippen molar-refractivity contribution in [1.29, 1.82) is 0 Å². The van der Waals surface area contributed by atoms with Gasteiger partial charge in [-0.1, -0.05) is 0 Å². The Morgan fingerprint density at radius 1 is 0.820 bits per heavy atom. The Labute approximate surface area is 281 Å². The van der Waals surface area contributed by atoms with Gasteiger partial charge in [0.2, 0.25) is 0 Å². The van der Waals surface area contributed by atoms with Gasteiger partial charge in [0.15, 0.2) is 18.4 Å². The van der Waals surface area contributed by atoms with Gasteiger partial charge in [-0.15, -0.1) is 0 Å². The minimum Gasteiger partial charge on any atom is -0.463 e. The predicted molar refractivity (Wildman–Crippen MR) is 174 cm³/mol. The van der Waals surface area contributed by atoms with Gasteiger partial charge in [0.1, 0.15) is 31.4 Å². The van der Waals surface area contributed by atoms with Gasteiger partial charge in [-0.2, -0.15) is 0 Å². The highest BCUT2D eigenvalue weighted by Crippen LogP contribution is 2.47. The van der Waals surface area contributed by atoms with Crippen LogP contribution in [0.5, 0.6) is 0 Å². The number of nitrogens with zero attached hydrogens (tertiary/aromatic N) is 1. The molecule has 0 saturated carbocycles. The minimum absolute atomic E-state index is 0.0179. The van der Waals surface area contributed by atoms with E-state index in [9.17, 15) is 33.6 Å². The molecular weight excluding hydrogens is 654 g/mol. The number of imide groups is 1. The van der Waals surface area contributed by atoms with E-state index in [0.717, 1.165) is 0 Å². The fourth-order valence-electron chi connectivity index (χ4n) is 7.19. The van der Waals surface area contributed by atoms with Gasteiger partial charge in [0, 0.05) is 66.1 Å². The molecule has 4 heterocycles. The Kier molecular flexibility index (Phi) is 7.95. The van der Waals surface area contributed by atoms with Crippen molar-refractivity contribution < 1.29 is 57.2 Å². The van der Waals surface area contributed by atoms with Crippen LogP contribution in [-0.2, 0) is 38.1 Å². The Morgan fingerprint density at radius 2 is 1.44 bits per heavy atom. The lowest BCUT2D eigenvalue weighted by molar-refractivity contribution is -0.267. The van der Waals surface area contributed by atoms with E-state index in [0.29, 0.717) is 56.4 Å². The molecule has 15 heteroatoms. The summed E-state index contributed by atoms with van der Waals surface area (Å²) in [6, 6.07) is 9.55. The number of benzene rings is 3. The number of ether oxygens (including phenoxy) is 5. The van der Waals surface area contributed by atoms with Gasteiger partial charge in [-0.3, -0.25) is 38.9 Å². The van der Waals surface area contributed by atoms with Gasteiger partial charge in [0.25, 0.3) is 11.8 Å². The van der Waals surface area contributed by atoms with Crippen LogP contribution in [-0.4, -0.2) is 90.0 Å². The highest BCUT2D eigenvalue weighted by molar-refractivity contribution is 6.39. The van der Waals surface area contributed by atoms with Crippen LogP contribution in [0.4, 0.5) is 0 Å². The van der Waals surface area contributed by atoms with Crippen LogP contribution in [0.25, 0.3) is 43.6 Å².